The molecule has 0 aromatic carbocycles. The summed E-state index contributed by atoms with van der Waals surface area (Å²) in [6.45, 7) is -0.714. The van der Waals surface area contributed by atoms with Gasteiger partial charge in [-0.2, -0.15) is 0 Å². The zero-order valence-electron chi connectivity index (χ0n) is 7.51. The van der Waals surface area contributed by atoms with Gasteiger partial charge in [0.05, 0.1) is 25.7 Å². The van der Waals surface area contributed by atoms with Crippen LogP contribution in [0.5, 0.6) is 0 Å². The van der Waals surface area contributed by atoms with Crippen LogP contribution in [-0.4, -0.2) is 46.2 Å². The normalized spacial score (nSPS) is 40.8. The van der Waals surface area contributed by atoms with Crippen molar-refractivity contribution in [2.45, 2.75) is 18.1 Å². The molecule has 0 aromatic heterocycles. The summed E-state index contributed by atoms with van der Waals surface area (Å²) < 4.78 is 5.02. The molecule has 3 atom stereocenters. The smallest absolute Gasteiger partial charge is 0.307 e. The Bertz CT molecular complexity index is 298. The highest BCUT2D eigenvalue weighted by molar-refractivity contribution is 5.75. The Labute approximate surface area is 80.6 Å². The van der Waals surface area contributed by atoms with Crippen molar-refractivity contribution >= 4 is 5.97 Å². The lowest BCUT2D eigenvalue weighted by atomic mass is 9.86. The van der Waals surface area contributed by atoms with E-state index in [0.29, 0.717) is 5.57 Å². The molecule has 0 radical (unpaired) electrons. The predicted octanol–water partition coefficient (Wildman–Crippen LogP) is -1.43. The van der Waals surface area contributed by atoms with E-state index in [2.05, 4.69) is 0 Å². The number of aliphatic hydroxyl groups excluding tert-OH is 3. The number of hydrogen-bond acceptors (Lipinski definition) is 5. The van der Waals surface area contributed by atoms with Gasteiger partial charge < -0.3 is 20.1 Å². The minimum Gasteiger partial charge on any atom is -0.451 e. The zero-order valence-corrected chi connectivity index (χ0v) is 7.51. The first-order valence-electron chi connectivity index (χ1n) is 4.47. The van der Waals surface area contributed by atoms with E-state index in [0.717, 1.165) is 0 Å². The third kappa shape index (κ3) is 1.03. The number of esters is 1. The second-order valence-electron chi connectivity index (χ2n) is 3.67. The summed E-state index contributed by atoms with van der Waals surface area (Å²) in [5.41, 5.74) is -0.783. The van der Waals surface area contributed by atoms with E-state index >= 15 is 0 Å². The van der Waals surface area contributed by atoms with Crippen LogP contribution < -0.4 is 0 Å². The van der Waals surface area contributed by atoms with E-state index < -0.39 is 30.2 Å². The van der Waals surface area contributed by atoms with Gasteiger partial charge in [0.1, 0.15) is 0 Å². The van der Waals surface area contributed by atoms with Gasteiger partial charge in [0.2, 0.25) is 0 Å². The maximum atomic E-state index is 11.1. The Hall–Kier alpha value is -0.910. The van der Waals surface area contributed by atoms with Gasteiger partial charge in [-0.1, -0.05) is 6.08 Å². The fraction of sp³-hybridized carbons (Fsp3) is 0.667. The van der Waals surface area contributed by atoms with Crippen molar-refractivity contribution in [3.05, 3.63) is 11.6 Å². The van der Waals surface area contributed by atoms with Gasteiger partial charge in [-0.15, -0.1) is 0 Å². The lowest BCUT2D eigenvalue weighted by molar-refractivity contribution is -0.149. The van der Waals surface area contributed by atoms with Crippen LogP contribution in [0.2, 0.25) is 0 Å². The number of carbonyl (C=O) groups excluding carboxylic acids is 1. The first kappa shape index (κ1) is 9.64. The molecule has 1 saturated heterocycles. The molecule has 5 heteroatoms. The maximum Gasteiger partial charge on any atom is 0.307 e. The Morgan fingerprint density at radius 2 is 2.29 bits per heavy atom. The van der Waals surface area contributed by atoms with Crippen molar-refractivity contribution in [2.24, 2.45) is 5.92 Å². The Morgan fingerprint density at radius 1 is 1.57 bits per heavy atom. The minimum atomic E-state index is -1.18. The van der Waals surface area contributed by atoms with Crippen molar-refractivity contribution in [2.75, 3.05) is 13.2 Å². The summed E-state index contributed by atoms with van der Waals surface area (Å²) in [5.74, 6) is -0.899. The number of ether oxygens (including phenoxy) is 1. The molecule has 3 unspecified atom stereocenters. The van der Waals surface area contributed by atoms with Crippen LogP contribution in [0, 0.1) is 5.92 Å². The molecule has 1 aliphatic carbocycles. The van der Waals surface area contributed by atoms with E-state index in [1.54, 1.807) is 0 Å². The Kier molecular flexibility index (Phi) is 2.10. The van der Waals surface area contributed by atoms with E-state index in [1.807, 2.05) is 0 Å². The molecule has 1 fully saturated rings. The SMILES string of the molecule is O=C1CC2C(O)C=C(CO)C2(CO)O1. The average Bonchev–Trinajstić information content (AvgIpc) is 2.62. The highest BCUT2D eigenvalue weighted by atomic mass is 16.6. The van der Waals surface area contributed by atoms with Crippen molar-refractivity contribution in [1.82, 2.24) is 0 Å². The fourth-order valence-electron chi connectivity index (χ4n) is 2.27. The second kappa shape index (κ2) is 3.05. The summed E-state index contributed by atoms with van der Waals surface area (Å²) in [4.78, 5) is 11.1. The monoisotopic (exact) mass is 200 g/mol. The van der Waals surface area contributed by atoms with Crippen LogP contribution in [0.15, 0.2) is 11.6 Å². The zero-order chi connectivity index (χ0) is 10.3. The number of carbonyl (C=O) groups is 1. The third-order valence-corrected chi connectivity index (χ3v) is 3.01. The lowest BCUT2D eigenvalue weighted by Gasteiger charge is -2.28. The van der Waals surface area contributed by atoms with E-state index in [1.165, 1.54) is 6.08 Å². The summed E-state index contributed by atoms with van der Waals surface area (Å²) in [6.07, 6.45) is 0.713. The highest BCUT2D eigenvalue weighted by Gasteiger charge is 2.57. The highest BCUT2D eigenvalue weighted by Crippen LogP contribution is 2.45. The van der Waals surface area contributed by atoms with Crippen LogP contribution in [0.3, 0.4) is 0 Å². The van der Waals surface area contributed by atoms with Gasteiger partial charge >= 0.3 is 5.97 Å². The van der Waals surface area contributed by atoms with Crippen LogP contribution in [0.1, 0.15) is 6.42 Å². The molecule has 2 aliphatic rings. The average molecular weight is 200 g/mol. The maximum absolute atomic E-state index is 11.1. The summed E-state index contributed by atoms with van der Waals surface area (Å²) in [6, 6.07) is 0. The van der Waals surface area contributed by atoms with E-state index in [4.69, 9.17) is 9.84 Å². The van der Waals surface area contributed by atoms with Gasteiger partial charge in [-0.05, 0) is 5.57 Å². The summed E-state index contributed by atoms with van der Waals surface area (Å²) in [7, 11) is 0. The standard InChI is InChI=1S/C9H12O5/c10-3-5-1-7(12)6-2-8(13)14-9(5,6)4-11/h1,6-7,10-12H,2-4H2. The molecule has 0 spiro atoms. The molecule has 1 aliphatic heterocycles. The quantitative estimate of drug-likeness (QED) is 0.376. The molecular weight excluding hydrogens is 188 g/mol. The number of fused-ring (bicyclic) bond motifs is 1. The Balaban J connectivity index is 2.38. The molecule has 3 N–H and O–H groups in total. The molecule has 0 amide bonds. The molecular formula is C9H12O5. The molecule has 14 heavy (non-hydrogen) atoms. The second-order valence-corrected chi connectivity index (χ2v) is 3.67. The Morgan fingerprint density at radius 3 is 2.86 bits per heavy atom. The van der Waals surface area contributed by atoms with Crippen molar-refractivity contribution in [3.8, 4) is 0 Å². The van der Waals surface area contributed by atoms with Crippen LogP contribution in [-0.2, 0) is 9.53 Å². The molecule has 0 saturated carbocycles. The van der Waals surface area contributed by atoms with Crippen LogP contribution in [0.4, 0.5) is 0 Å². The van der Waals surface area contributed by atoms with Gasteiger partial charge in [0, 0.05) is 5.92 Å². The molecule has 5 nitrogen and oxygen atoms in total. The summed E-state index contributed by atoms with van der Waals surface area (Å²) in [5, 5.41) is 27.8. The predicted molar refractivity (Wildman–Crippen MR) is 45.2 cm³/mol. The van der Waals surface area contributed by atoms with Gasteiger partial charge in [0.15, 0.2) is 5.60 Å². The van der Waals surface area contributed by atoms with E-state index in [-0.39, 0.29) is 13.0 Å². The molecule has 0 aromatic rings. The first-order valence-corrected chi connectivity index (χ1v) is 4.47. The van der Waals surface area contributed by atoms with E-state index in [9.17, 15) is 15.0 Å². The number of hydrogen-bond donors (Lipinski definition) is 3. The lowest BCUT2D eigenvalue weighted by Crippen LogP contribution is -2.42. The molecule has 2 rings (SSSR count). The van der Waals surface area contributed by atoms with Gasteiger partial charge in [0.25, 0.3) is 0 Å². The number of aliphatic hydroxyl groups is 3. The van der Waals surface area contributed by atoms with Gasteiger partial charge in [-0.3, -0.25) is 4.79 Å². The largest absolute Gasteiger partial charge is 0.451 e. The fourth-order valence-corrected chi connectivity index (χ4v) is 2.27. The summed E-state index contributed by atoms with van der Waals surface area (Å²) >= 11 is 0. The van der Waals surface area contributed by atoms with Crippen molar-refractivity contribution < 1.29 is 24.9 Å². The first-order chi connectivity index (χ1) is 6.64. The molecule has 0 bridgehead atoms. The number of rotatable bonds is 2. The molecule has 78 valence electrons. The van der Waals surface area contributed by atoms with Crippen molar-refractivity contribution in [3.63, 3.8) is 0 Å². The topological polar surface area (TPSA) is 87.0 Å². The minimum absolute atomic E-state index is 0.0850. The van der Waals surface area contributed by atoms with Crippen molar-refractivity contribution in [1.29, 1.82) is 0 Å². The third-order valence-electron chi connectivity index (χ3n) is 3.01. The van der Waals surface area contributed by atoms with Crippen LogP contribution in [0.25, 0.3) is 0 Å². The molecule has 1 heterocycles. The van der Waals surface area contributed by atoms with Crippen LogP contribution >= 0.6 is 0 Å². The van der Waals surface area contributed by atoms with Gasteiger partial charge in [-0.25, -0.2) is 0 Å².